The molecule has 0 radical (unpaired) electrons. The summed E-state index contributed by atoms with van der Waals surface area (Å²) >= 11 is 0. The lowest BCUT2D eigenvalue weighted by molar-refractivity contribution is -0.147. The van der Waals surface area contributed by atoms with Gasteiger partial charge in [0.1, 0.15) is 18.7 Å². The normalized spacial score (nSPS) is 13.6. The Kier molecular flexibility index (Phi) is 5.98. The number of aliphatic carboxylic acids is 1. The van der Waals surface area contributed by atoms with E-state index in [4.69, 9.17) is 21.3 Å². The fourth-order valence-corrected chi connectivity index (χ4v) is 1.44. The standard InChI is InChI=1S/C13H18N2O4/c14-10(12(16)17)6-7-11(15)13(18)19-8-9-4-2-1-3-5-9/h1-5,10-11H,6-8,14-15H2,(H,16,17)/t10-,11+/m0/s1. The largest absolute Gasteiger partial charge is 0.480 e. The summed E-state index contributed by atoms with van der Waals surface area (Å²) in [6.07, 6.45) is 0.317. The SMILES string of the molecule is N[C@H](CC[C@H](N)C(=O)O)C(=O)OCc1ccccc1. The molecule has 1 aromatic rings. The van der Waals surface area contributed by atoms with Gasteiger partial charge in [-0.05, 0) is 18.4 Å². The average molecular weight is 266 g/mol. The molecule has 0 heterocycles. The molecule has 0 amide bonds. The van der Waals surface area contributed by atoms with Gasteiger partial charge in [-0.15, -0.1) is 0 Å². The molecule has 0 unspecified atom stereocenters. The van der Waals surface area contributed by atoms with E-state index in [0.29, 0.717) is 0 Å². The van der Waals surface area contributed by atoms with Gasteiger partial charge in [-0.2, -0.15) is 0 Å². The summed E-state index contributed by atoms with van der Waals surface area (Å²) in [6, 6.07) is 7.36. The highest BCUT2D eigenvalue weighted by molar-refractivity contribution is 5.76. The maximum Gasteiger partial charge on any atom is 0.323 e. The van der Waals surface area contributed by atoms with Gasteiger partial charge in [-0.3, -0.25) is 9.59 Å². The van der Waals surface area contributed by atoms with Gasteiger partial charge >= 0.3 is 11.9 Å². The number of hydrogen-bond donors (Lipinski definition) is 3. The van der Waals surface area contributed by atoms with E-state index < -0.39 is 24.0 Å². The summed E-state index contributed by atoms with van der Waals surface area (Å²) in [5, 5.41) is 8.60. The Morgan fingerprint density at radius 1 is 1.11 bits per heavy atom. The molecule has 19 heavy (non-hydrogen) atoms. The van der Waals surface area contributed by atoms with Gasteiger partial charge in [0.05, 0.1) is 0 Å². The summed E-state index contributed by atoms with van der Waals surface area (Å²) in [7, 11) is 0. The Morgan fingerprint density at radius 2 is 1.68 bits per heavy atom. The minimum Gasteiger partial charge on any atom is -0.480 e. The monoisotopic (exact) mass is 266 g/mol. The third-order valence-electron chi connectivity index (χ3n) is 2.63. The fraction of sp³-hybridized carbons (Fsp3) is 0.385. The van der Waals surface area contributed by atoms with Crippen molar-refractivity contribution in [2.45, 2.75) is 31.5 Å². The summed E-state index contributed by atoms with van der Waals surface area (Å²) in [4.78, 5) is 22.1. The van der Waals surface area contributed by atoms with Crippen LogP contribution in [-0.4, -0.2) is 29.1 Å². The highest BCUT2D eigenvalue weighted by Gasteiger charge is 2.19. The van der Waals surface area contributed by atoms with E-state index >= 15 is 0 Å². The van der Waals surface area contributed by atoms with Crippen molar-refractivity contribution in [2.75, 3.05) is 0 Å². The van der Waals surface area contributed by atoms with Crippen LogP contribution in [0.4, 0.5) is 0 Å². The van der Waals surface area contributed by atoms with E-state index in [9.17, 15) is 9.59 Å². The Labute approximate surface area is 111 Å². The summed E-state index contributed by atoms with van der Waals surface area (Å²) in [5.41, 5.74) is 11.8. The van der Waals surface area contributed by atoms with E-state index in [1.807, 2.05) is 30.3 Å². The molecule has 2 atom stereocenters. The number of benzene rings is 1. The van der Waals surface area contributed by atoms with Gasteiger partial charge in [0, 0.05) is 0 Å². The maximum absolute atomic E-state index is 11.6. The molecule has 0 bridgehead atoms. The maximum atomic E-state index is 11.6. The van der Waals surface area contributed by atoms with E-state index in [1.54, 1.807) is 0 Å². The summed E-state index contributed by atoms with van der Waals surface area (Å²) in [5.74, 6) is -1.66. The molecule has 0 saturated heterocycles. The first-order valence-corrected chi connectivity index (χ1v) is 5.95. The van der Waals surface area contributed by atoms with Crippen molar-refractivity contribution in [3.63, 3.8) is 0 Å². The first kappa shape index (κ1) is 15.1. The number of hydrogen-bond acceptors (Lipinski definition) is 5. The third kappa shape index (κ3) is 5.50. The number of ether oxygens (including phenoxy) is 1. The van der Waals surface area contributed by atoms with Gasteiger partial charge in [0.25, 0.3) is 0 Å². The molecule has 6 nitrogen and oxygen atoms in total. The number of carbonyl (C=O) groups excluding carboxylic acids is 1. The lowest BCUT2D eigenvalue weighted by Gasteiger charge is -2.12. The van der Waals surface area contributed by atoms with Crippen molar-refractivity contribution in [2.24, 2.45) is 11.5 Å². The van der Waals surface area contributed by atoms with Gasteiger partial charge in [-0.1, -0.05) is 30.3 Å². The Hall–Kier alpha value is -1.92. The van der Waals surface area contributed by atoms with Gasteiger partial charge < -0.3 is 21.3 Å². The van der Waals surface area contributed by atoms with Crippen LogP contribution in [0.1, 0.15) is 18.4 Å². The van der Waals surface area contributed by atoms with Crippen molar-refractivity contribution in [3.8, 4) is 0 Å². The third-order valence-corrected chi connectivity index (χ3v) is 2.63. The summed E-state index contributed by atoms with van der Waals surface area (Å²) < 4.78 is 5.03. The van der Waals surface area contributed by atoms with Crippen molar-refractivity contribution in [1.29, 1.82) is 0 Å². The van der Waals surface area contributed by atoms with Crippen molar-refractivity contribution in [1.82, 2.24) is 0 Å². The zero-order valence-electron chi connectivity index (χ0n) is 10.5. The van der Waals surface area contributed by atoms with Crippen LogP contribution < -0.4 is 11.5 Å². The van der Waals surface area contributed by atoms with E-state index in [-0.39, 0.29) is 19.4 Å². The molecule has 6 heteroatoms. The predicted molar refractivity (Wildman–Crippen MR) is 69.1 cm³/mol. The Balaban J connectivity index is 2.31. The molecule has 0 spiro atoms. The number of rotatable bonds is 7. The minimum atomic E-state index is -1.11. The van der Waals surface area contributed by atoms with Crippen LogP contribution in [0.5, 0.6) is 0 Å². The molecule has 0 aliphatic carbocycles. The van der Waals surface area contributed by atoms with Gasteiger partial charge in [0.2, 0.25) is 0 Å². The van der Waals surface area contributed by atoms with E-state index in [1.165, 1.54) is 0 Å². The molecular formula is C13H18N2O4. The molecule has 104 valence electrons. The number of carbonyl (C=O) groups is 2. The average Bonchev–Trinajstić information content (AvgIpc) is 2.42. The van der Waals surface area contributed by atoms with Crippen LogP contribution in [0.25, 0.3) is 0 Å². The van der Waals surface area contributed by atoms with Crippen LogP contribution in [0.3, 0.4) is 0 Å². The smallest absolute Gasteiger partial charge is 0.323 e. The number of carboxylic acids is 1. The van der Waals surface area contributed by atoms with Crippen LogP contribution in [-0.2, 0) is 20.9 Å². The Bertz CT molecular complexity index is 422. The quantitative estimate of drug-likeness (QED) is 0.609. The molecule has 0 fully saturated rings. The molecule has 1 aromatic carbocycles. The number of nitrogens with two attached hydrogens (primary N) is 2. The van der Waals surface area contributed by atoms with Crippen LogP contribution >= 0.6 is 0 Å². The molecular weight excluding hydrogens is 248 g/mol. The van der Waals surface area contributed by atoms with Crippen molar-refractivity contribution >= 4 is 11.9 Å². The predicted octanol–water partition coefficient (Wildman–Crippen LogP) is 0.249. The first-order chi connectivity index (χ1) is 9.00. The second kappa shape index (κ2) is 7.50. The second-order valence-corrected chi connectivity index (χ2v) is 4.22. The van der Waals surface area contributed by atoms with Crippen LogP contribution in [0.2, 0.25) is 0 Å². The van der Waals surface area contributed by atoms with Crippen molar-refractivity contribution < 1.29 is 19.4 Å². The lowest BCUT2D eigenvalue weighted by atomic mass is 10.1. The highest BCUT2D eigenvalue weighted by atomic mass is 16.5. The molecule has 0 saturated carbocycles. The molecule has 0 aliphatic rings. The van der Waals surface area contributed by atoms with Gasteiger partial charge in [0.15, 0.2) is 0 Å². The zero-order chi connectivity index (χ0) is 14.3. The fourth-order valence-electron chi connectivity index (χ4n) is 1.44. The minimum absolute atomic E-state index is 0.136. The van der Waals surface area contributed by atoms with Crippen LogP contribution in [0, 0.1) is 0 Å². The van der Waals surface area contributed by atoms with Gasteiger partial charge in [-0.25, -0.2) is 0 Å². The highest BCUT2D eigenvalue weighted by Crippen LogP contribution is 2.04. The Morgan fingerprint density at radius 3 is 2.26 bits per heavy atom. The molecule has 0 aliphatic heterocycles. The van der Waals surface area contributed by atoms with E-state index in [2.05, 4.69) is 0 Å². The number of carboxylic acid groups (broad SMARTS) is 1. The second-order valence-electron chi connectivity index (χ2n) is 4.22. The van der Waals surface area contributed by atoms with Crippen LogP contribution in [0.15, 0.2) is 30.3 Å². The summed E-state index contributed by atoms with van der Waals surface area (Å²) in [6.45, 7) is 0.151. The zero-order valence-corrected chi connectivity index (χ0v) is 10.5. The molecule has 5 N–H and O–H groups in total. The molecule has 1 rings (SSSR count). The first-order valence-electron chi connectivity index (χ1n) is 5.95. The van der Waals surface area contributed by atoms with Crippen molar-refractivity contribution in [3.05, 3.63) is 35.9 Å². The lowest BCUT2D eigenvalue weighted by Crippen LogP contribution is -2.36. The molecule has 0 aromatic heterocycles. The van der Waals surface area contributed by atoms with E-state index in [0.717, 1.165) is 5.56 Å². The number of esters is 1. The topological polar surface area (TPSA) is 116 Å².